The van der Waals surface area contributed by atoms with Crippen LogP contribution in [0.15, 0.2) is 186 Å². The summed E-state index contributed by atoms with van der Waals surface area (Å²) in [6.45, 7) is 70.4. The first-order chi connectivity index (χ1) is 59.0. The Hall–Kier alpha value is -5.04. The summed E-state index contributed by atoms with van der Waals surface area (Å²) in [6, 6.07) is 58.2. The van der Waals surface area contributed by atoms with Gasteiger partial charge in [-0.15, -0.1) is 42.5 Å². The topological polar surface area (TPSA) is 92.3 Å². The summed E-state index contributed by atoms with van der Waals surface area (Å²) in [5.41, 5.74) is 1.22. The van der Waals surface area contributed by atoms with Gasteiger partial charge in [-0.05, 0) is 280 Å². The molecule has 1 heterocycles. The minimum Gasteiger partial charge on any atom is -0.564 e. The third-order valence-electron chi connectivity index (χ3n) is 24.5. The molecule has 0 fully saturated rings. The molecule has 0 atom stereocenters. The molecule has 1 aliphatic rings. The van der Waals surface area contributed by atoms with Gasteiger partial charge in [-0.1, -0.05) is 186 Å². The van der Waals surface area contributed by atoms with Crippen LogP contribution in [-0.4, -0.2) is 69.6 Å². The SMILES string of the molecule is CB(OC(C)C)c1c(F)cccc1F.CC(C)(C)[Si](C)(C)Oc1[c-]c(Oc2[c-]c(O[Si](C)(C)C(C)(C)C)ccc2)ccc1.CC(C)(C)[Si](C)(C)Oc1cccc(Oc2cccc(O[Si](C)(C)C(C)(C)C)c2I)c1I.CC(C)(C)[Si](C)(C)Oc1cccc2c1B(c1c(F)cccc1F)c1c(cccc1O[Si](C)(C)C(C)(C)C)O2.Fc1[c-]c(F)ccc1.Fc1cccc(F)c1Br.[Li+].[Li+].[Li+]. The molecule has 0 aliphatic carbocycles. The van der Waals surface area contributed by atoms with E-state index in [4.69, 9.17) is 45.4 Å². The first-order valence-corrected chi connectivity index (χ1v) is 63.5. The Balaban J connectivity index is 0.000000436. The monoisotopic (exact) mass is 2190 g/mol. The second-order valence-corrected chi connectivity index (χ2v) is 72.4. The van der Waals surface area contributed by atoms with Gasteiger partial charge in [0.1, 0.15) is 80.9 Å². The molecule has 0 spiro atoms. The van der Waals surface area contributed by atoms with Crippen molar-refractivity contribution >= 4 is 146 Å². The molecule has 132 heavy (non-hydrogen) atoms. The summed E-state index contributed by atoms with van der Waals surface area (Å²) in [6.07, 6.45) is -0.0518. The molecule has 0 saturated heterocycles. The molecule has 10 aromatic carbocycles. The molecule has 0 unspecified atom stereocenters. The number of rotatable bonds is 20. The van der Waals surface area contributed by atoms with Gasteiger partial charge in [-0.3, -0.25) is 0 Å². The van der Waals surface area contributed by atoms with Crippen LogP contribution in [0.25, 0.3) is 0 Å². The maximum Gasteiger partial charge on any atom is 1.00 e. The summed E-state index contributed by atoms with van der Waals surface area (Å²) in [5, 5.41) is 0.383. The molecular weight excluding hydrogens is 2060 g/mol. The van der Waals surface area contributed by atoms with Crippen molar-refractivity contribution in [2.24, 2.45) is 0 Å². The van der Waals surface area contributed by atoms with Crippen LogP contribution in [0.4, 0.5) is 35.1 Å². The van der Waals surface area contributed by atoms with Crippen LogP contribution in [0.3, 0.4) is 0 Å². The number of ether oxygens (including phenoxy) is 3. The summed E-state index contributed by atoms with van der Waals surface area (Å²) in [5.74, 6) is 3.52. The van der Waals surface area contributed by atoms with Gasteiger partial charge in [-0.25, -0.2) is 35.1 Å². The number of fused-ring (bicyclic) bond motifs is 2. The van der Waals surface area contributed by atoms with Crippen molar-refractivity contribution in [2.75, 3.05) is 0 Å². The normalized spacial score (nSPS) is 12.4. The van der Waals surface area contributed by atoms with E-state index in [1.807, 2.05) is 129 Å². The Bertz CT molecular complexity index is 5140. The van der Waals surface area contributed by atoms with E-state index in [9.17, 15) is 26.3 Å². The van der Waals surface area contributed by atoms with E-state index >= 15 is 8.78 Å². The van der Waals surface area contributed by atoms with Crippen LogP contribution in [0.5, 0.6) is 69.0 Å². The fourth-order valence-electron chi connectivity index (χ4n) is 10.8. The molecule has 0 amide bonds. The standard InChI is InChI=1S/C30H39BF2O3Si2.C24H36I2O3Si2.C24H36O3Si2.C10H13BF2O.C6H3BrF2.C6H3F2.3Li/c1-29(2,3)37(7,8)35-24-18-12-16-22-27(24)31(26-20(32)14-11-15-21(26)33)28-23(34-22)17-13-19-25(28)36-38(9,10)30(4,5)6;1-23(2,3)30(7,8)28-19-15-11-13-17(21(19)25)27-18-14-12-16-20(22(18)26)29-31(9,10)24(4,5)6;1-23(2,3)28(7,8)26-21-15-11-13-19(17-21)25-20-14-12-16-22(18-20)27-29(9,10)24(4,5)6;1-7(2)14-11(3)10-8(12)5-4-6-9(10)13;7-6-4(8)2-1-3-5(6)9;7-5-2-1-3-6(8)4-5;;;/h11-19H,1-10H3;11-16H,1-10H3;11-16H,1-10H3;4-7H,1-3H3;1-3H;1-3H;;;/q;;-2;;;-1;3*+1. The van der Waals surface area contributed by atoms with Gasteiger partial charge in [0.25, 0.3) is 23.3 Å². The van der Waals surface area contributed by atoms with Crippen LogP contribution in [0, 0.1) is 71.9 Å². The van der Waals surface area contributed by atoms with E-state index < -0.39 is 110 Å². The third-order valence-corrected chi connectivity index (χ3v) is 53.4. The number of hydrogen-bond donors (Lipinski definition) is 0. The van der Waals surface area contributed by atoms with Gasteiger partial charge in [-0.2, -0.15) is 18.2 Å². The Morgan fingerprint density at radius 2 is 0.583 bits per heavy atom. The second kappa shape index (κ2) is 49.2. The van der Waals surface area contributed by atoms with E-state index in [0.717, 1.165) is 53.8 Å². The largest absolute Gasteiger partial charge is 1.00 e. The van der Waals surface area contributed by atoms with Crippen molar-refractivity contribution in [3.05, 3.63) is 258 Å². The van der Waals surface area contributed by atoms with Crippen LogP contribution < -0.4 is 119 Å². The molecule has 0 N–H and O–H groups in total. The van der Waals surface area contributed by atoms with Gasteiger partial charge in [0.2, 0.25) is 33.3 Å². The Labute approximate surface area is 862 Å². The van der Waals surface area contributed by atoms with Gasteiger partial charge in [0, 0.05) is 51.1 Å². The van der Waals surface area contributed by atoms with E-state index in [1.54, 1.807) is 6.82 Å². The summed E-state index contributed by atoms with van der Waals surface area (Å²) in [7, 11) is -12.3. The molecule has 32 heteroatoms. The van der Waals surface area contributed by atoms with Crippen LogP contribution in [-0.2, 0) is 4.65 Å². The molecule has 0 bridgehead atoms. The molecule has 700 valence electrons. The van der Waals surface area contributed by atoms with Gasteiger partial charge >= 0.3 is 63.5 Å². The second-order valence-electron chi connectivity index (χ2n) is 41.1. The summed E-state index contributed by atoms with van der Waals surface area (Å²) >= 11 is 7.40. The smallest absolute Gasteiger partial charge is 0.564 e. The van der Waals surface area contributed by atoms with Crippen molar-refractivity contribution in [2.45, 2.75) is 260 Å². The molecule has 11 rings (SSSR count). The number of benzene rings is 10. The Kier molecular flexibility index (Phi) is 45.1. The molecule has 10 aromatic rings. The maximum absolute atomic E-state index is 15.6. The zero-order chi connectivity index (χ0) is 97.7. The molecule has 0 saturated carbocycles. The average Bonchev–Trinajstić information content (AvgIpc) is 0.726. The van der Waals surface area contributed by atoms with Crippen LogP contribution in [0.2, 0.25) is 116 Å². The van der Waals surface area contributed by atoms with Crippen LogP contribution >= 0.6 is 61.1 Å². The fourth-order valence-corrected chi connectivity index (χ4v) is 18.7. The van der Waals surface area contributed by atoms with Crippen molar-refractivity contribution in [3.63, 3.8) is 0 Å². The van der Waals surface area contributed by atoms with Gasteiger partial charge < -0.3 is 45.4 Å². The summed E-state index contributed by atoms with van der Waals surface area (Å²) in [4.78, 5) is 0. The predicted molar refractivity (Wildman–Crippen MR) is 553 cm³/mol. The number of halogens is 11. The molecule has 1 aliphatic heterocycles. The number of hydrogen-bond acceptors (Lipinski definition) is 10. The minimum absolute atomic E-state index is 0. The first kappa shape index (κ1) is 121. The maximum atomic E-state index is 15.6. The predicted octanol–water partition coefficient (Wildman–Crippen LogP) is 22.4. The van der Waals surface area contributed by atoms with Crippen molar-refractivity contribution in [1.82, 2.24) is 0 Å². The zero-order valence-electron chi connectivity index (χ0n) is 84.3. The van der Waals surface area contributed by atoms with E-state index in [0.29, 0.717) is 45.4 Å². The first-order valence-electron chi connectivity index (χ1n) is 43.1. The van der Waals surface area contributed by atoms with Crippen LogP contribution in [0.1, 0.15) is 138 Å². The average molecular weight is 2190 g/mol. The van der Waals surface area contributed by atoms with Gasteiger partial charge in [0.15, 0.2) is 0 Å². The third kappa shape index (κ3) is 33.6. The summed E-state index contributed by atoms with van der Waals surface area (Å²) < 4.78 is 171. The molecule has 0 aromatic heterocycles. The fraction of sp³-hybridized carbons (Fsp3) is 0.400. The Morgan fingerprint density at radius 3 is 0.886 bits per heavy atom. The van der Waals surface area contributed by atoms with Gasteiger partial charge in [0.05, 0.1) is 11.6 Å². The van der Waals surface area contributed by atoms with E-state index in [-0.39, 0.29) is 108 Å². The molecule has 10 nitrogen and oxygen atoms in total. The van der Waals surface area contributed by atoms with Crippen molar-refractivity contribution in [1.29, 1.82) is 0 Å². The van der Waals surface area contributed by atoms with Crippen molar-refractivity contribution in [3.8, 4) is 69.0 Å². The zero-order valence-corrected chi connectivity index (χ0v) is 96.2. The van der Waals surface area contributed by atoms with E-state index in [2.05, 4.69) is 276 Å². The van der Waals surface area contributed by atoms with E-state index in [1.165, 1.54) is 60.7 Å². The quantitative estimate of drug-likeness (QED) is 0.0241. The minimum atomic E-state index is -2.30. The Morgan fingerprint density at radius 1 is 0.326 bits per heavy atom. The molecular formula is C100H130B2BrF8I2Li3O10Si6. The van der Waals surface area contributed by atoms with Crippen molar-refractivity contribution < 1.29 is 137 Å². The molecule has 0 radical (unpaired) electrons.